The Hall–Kier alpha value is -1.77. The van der Waals surface area contributed by atoms with Gasteiger partial charge in [-0.15, -0.1) is 0 Å². The summed E-state index contributed by atoms with van der Waals surface area (Å²) in [6.45, 7) is 2.21. The van der Waals surface area contributed by atoms with E-state index in [-0.39, 0.29) is 23.7 Å². The number of hydrogen-bond donors (Lipinski definition) is 0. The topological polar surface area (TPSA) is 0 Å². The lowest BCUT2D eigenvalue weighted by molar-refractivity contribution is 0.303. The van der Waals surface area contributed by atoms with Crippen molar-refractivity contribution in [1.29, 1.82) is 0 Å². The fraction of sp³-hybridized carbons (Fsp3) is 0.478. The van der Waals surface area contributed by atoms with Crippen LogP contribution in [0.15, 0.2) is 36.4 Å². The molecule has 140 valence electrons. The molecule has 0 heterocycles. The number of benzene rings is 2. The van der Waals surface area contributed by atoms with Gasteiger partial charge in [0, 0.05) is 12.0 Å². The molecule has 0 spiro atoms. The lowest BCUT2D eigenvalue weighted by Crippen LogP contribution is -2.14. The van der Waals surface area contributed by atoms with E-state index >= 15 is 0 Å². The molecule has 26 heavy (non-hydrogen) atoms. The zero-order valence-corrected chi connectivity index (χ0v) is 15.4. The van der Waals surface area contributed by atoms with Gasteiger partial charge in [-0.05, 0) is 72.9 Å². The van der Waals surface area contributed by atoms with Crippen molar-refractivity contribution in [3.63, 3.8) is 0 Å². The van der Waals surface area contributed by atoms with Gasteiger partial charge in [0.15, 0.2) is 0 Å². The van der Waals surface area contributed by atoms with Crippen LogP contribution in [-0.4, -0.2) is 0 Å². The molecule has 0 nitrogen and oxygen atoms in total. The smallest absolute Gasteiger partial charge is 0.129 e. The summed E-state index contributed by atoms with van der Waals surface area (Å²) in [6.07, 6.45) is 8.28. The van der Waals surface area contributed by atoms with E-state index in [1.54, 1.807) is 12.1 Å². The maximum atomic E-state index is 14.6. The lowest BCUT2D eigenvalue weighted by atomic mass is 9.77. The molecule has 1 saturated carbocycles. The molecule has 0 bridgehead atoms. The molecular weight excluding hydrogens is 333 g/mol. The normalized spacial score (nSPS) is 20.3. The van der Waals surface area contributed by atoms with Crippen LogP contribution >= 0.6 is 0 Å². The van der Waals surface area contributed by atoms with Gasteiger partial charge in [-0.25, -0.2) is 13.2 Å². The van der Waals surface area contributed by atoms with Gasteiger partial charge >= 0.3 is 0 Å². The maximum absolute atomic E-state index is 14.6. The van der Waals surface area contributed by atoms with Crippen molar-refractivity contribution in [2.45, 2.75) is 64.2 Å². The predicted molar refractivity (Wildman–Crippen MR) is 99.8 cm³/mol. The molecule has 1 aliphatic carbocycles. The predicted octanol–water partition coefficient (Wildman–Crippen LogP) is 7.16. The maximum Gasteiger partial charge on any atom is 0.129 e. The highest BCUT2D eigenvalue weighted by Gasteiger charge is 2.24. The molecule has 0 N–H and O–H groups in total. The van der Waals surface area contributed by atoms with Crippen molar-refractivity contribution in [3.8, 4) is 0 Å². The molecule has 0 aromatic heterocycles. The highest BCUT2D eigenvalue weighted by molar-refractivity contribution is 5.33. The third-order valence-corrected chi connectivity index (χ3v) is 5.74. The van der Waals surface area contributed by atoms with Crippen molar-refractivity contribution in [3.05, 3.63) is 70.5 Å². The quantitative estimate of drug-likeness (QED) is 0.513. The molecular formula is C23H27F3. The average Bonchev–Trinajstić information content (AvgIpc) is 2.65. The first-order valence-electron chi connectivity index (χ1n) is 9.79. The number of halogens is 3. The molecule has 2 aromatic rings. The van der Waals surface area contributed by atoms with Crippen LogP contribution in [0.1, 0.15) is 74.5 Å². The fourth-order valence-electron chi connectivity index (χ4n) is 4.11. The SMILES string of the molecule is CCCCC1CCC(c2cc(F)c(Cc3ccc(F)cc3)c(F)c2)CC1. The van der Waals surface area contributed by atoms with Gasteiger partial charge in [-0.3, -0.25) is 0 Å². The summed E-state index contributed by atoms with van der Waals surface area (Å²) in [7, 11) is 0. The zero-order valence-electron chi connectivity index (χ0n) is 15.4. The average molecular weight is 360 g/mol. The molecule has 3 heteroatoms. The van der Waals surface area contributed by atoms with Crippen LogP contribution in [0.5, 0.6) is 0 Å². The third-order valence-electron chi connectivity index (χ3n) is 5.74. The second-order valence-corrected chi connectivity index (χ2v) is 7.63. The van der Waals surface area contributed by atoms with Gasteiger partial charge in [0.25, 0.3) is 0 Å². The van der Waals surface area contributed by atoms with E-state index in [0.29, 0.717) is 5.56 Å². The highest BCUT2D eigenvalue weighted by atomic mass is 19.1. The molecule has 0 aliphatic heterocycles. The molecule has 1 fully saturated rings. The van der Waals surface area contributed by atoms with Crippen LogP contribution in [0.4, 0.5) is 13.2 Å². The molecule has 1 aliphatic rings. The summed E-state index contributed by atoms with van der Waals surface area (Å²) in [4.78, 5) is 0. The first-order valence-corrected chi connectivity index (χ1v) is 9.79. The van der Waals surface area contributed by atoms with E-state index in [2.05, 4.69) is 6.92 Å². The van der Waals surface area contributed by atoms with E-state index in [1.165, 1.54) is 43.5 Å². The van der Waals surface area contributed by atoms with Gasteiger partial charge in [0.1, 0.15) is 17.5 Å². The van der Waals surface area contributed by atoms with Crippen LogP contribution in [0.25, 0.3) is 0 Å². The summed E-state index contributed by atoms with van der Waals surface area (Å²) >= 11 is 0. The summed E-state index contributed by atoms with van der Waals surface area (Å²) in [5, 5.41) is 0. The summed E-state index contributed by atoms with van der Waals surface area (Å²) < 4.78 is 42.1. The zero-order chi connectivity index (χ0) is 18.5. The van der Waals surface area contributed by atoms with Gasteiger partial charge in [-0.2, -0.15) is 0 Å². The second-order valence-electron chi connectivity index (χ2n) is 7.63. The summed E-state index contributed by atoms with van der Waals surface area (Å²) in [6, 6.07) is 8.80. The Bertz CT molecular complexity index is 690. The van der Waals surface area contributed by atoms with E-state index in [9.17, 15) is 13.2 Å². The number of unbranched alkanes of at least 4 members (excludes halogenated alkanes) is 1. The van der Waals surface area contributed by atoms with Gasteiger partial charge in [0.05, 0.1) is 0 Å². The van der Waals surface area contributed by atoms with Crippen LogP contribution in [-0.2, 0) is 6.42 Å². The van der Waals surface area contributed by atoms with E-state index in [4.69, 9.17) is 0 Å². The van der Waals surface area contributed by atoms with E-state index in [1.807, 2.05) is 0 Å². The van der Waals surface area contributed by atoms with Gasteiger partial charge in [-0.1, -0.05) is 38.3 Å². The summed E-state index contributed by atoms with van der Waals surface area (Å²) in [5.74, 6) is -0.287. The van der Waals surface area contributed by atoms with Gasteiger partial charge in [0.2, 0.25) is 0 Å². The first kappa shape index (κ1) is 19.0. The Kier molecular flexibility index (Phi) is 6.39. The van der Waals surface area contributed by atoms with E-state index < -0.39 is 11.6 Å². The summed E-state index contributed by atoms with van der Waals surface area (Å²) in [5.41, 5.74) is 1.56. The Labute approximate surface area is 154 Å². The number of hydrogen-bond acceptors (Lipinski definition) is 0. The van der Waals surface area contributed by atoms with Crippen molar-refractivity contribution in [1.82, 2.24) is 0 Å². The van der Waals surface area contributed by atoms with Crippen LogP contribution in [0, 0.1) is 23.4 Å². The Morgan fingerprint density at radius 3 is 2.08 bits per heavy atom. The van der Waals surface area contributed by atoms with Crippen LogP contribution in [0.2, 0.25) is 0 Å². The van der Waals surface area contributed by atoms with Crippen LogP contribution in [0.3, 0.4) is 0 Å². The van der Waals surface area contributed by atoms with Crippen molar-refractivity contribution >= 4 is 0 Å². The molecule has 0 unspecified atom stereocenters. The Morgan fingerprint density at radius 2 is 1.50 bits per heavy atom. The second kappa shape index (κ2) is 8.75. The van der Waals surface area contributed by atoms with Crippen molar-refractivity contribution in [2.24, 2.45) is 5.92 Å². The van der Waals surface area contributed by atoms with Crippen molar-refractivity contribution in [2.75, 3.05) is 0 Å². The third kappa shape index (κ3) is 4.69. The Balaban J connectivity index is 1.68. The molecule has 2 aromatic carbocycles. The molecule has 3 rings (SSSR count). The standard InChI is InChI=1S/C23H27F3/c1-2-3-4-16-5-9-18(10-6-16)19-14-22(25)21(23(26)15-19)13-17-7-11-20(24)12-8-17/h7-8,11-12,14-16,18H,2-6,9-10,13H2,1H3. The fourth-order valence-corrected chi connectivity index (χ4v) is 4.11. The highest BCUT2D eigenvalue weighted by Crippen LogP contribution is 2.38. The molecule has 0 saturated heterocycles. The molecule has 0 amide bonds. The minimum absolute atomic E-state index is 0.0667. The minimum atomic E-state index is -0.488. The monoisotopic (exact) mass is 360 g/mol. The largest absolute Gasteiger partial charge is 0.207 e. The lowest BCUT2D eigenvalue weighted by Gasteiger charge is -2.29. The number of rotatable bonds is 6. The molecule has 0 radical (unpaired) electrons. The first-order chi connectivity index (χ1) is 12.6. The minimum Gasteiger partial charge on any atom is -0.207 e. The van der Waals surface area contributed by atoms with Crippen LogP contribution < -0.4 is 0 Å². The van der Waals surface area contributed by atoms with E-state index in [0.717, 1.165) is 37.2 Å². The van der Waals surface area contributed by atoms with Gasteiger partial charge < -0.3 is 0 Å². The van der Waals surface area contributed by atoms with Crippen molar-refractivity contribution < 1.29 is 13.2 Å². The Morgan fingerprint density at radius 1 is 0.885 bits per heavy atom. The molecule has 0 atom stereocenters.